The molecule has 6 nitrogen and oxygen atoms in total. The molecule has 0 spiro atoms. The molecule has 8 heteroatoms. The maximum absolute atomic E-state index is 12.5. The first-order valence-electron chi connectivity index (χ1n) is 8.37. The van der Waals surface area contributed by atoms with Crippen LogP contribution in [0.5, 0.6) is 0 Å². The van der Waals surface area contributed by atoms with E-state index in [0.29, 0.717) is 27.9 Å². The normalized spacial score (nSPS) is 13.3. The van der Waals surface area contributed by atoms with Crippen LogP contribution in [-0.2, 0) is 6.54 Å². The van der Waals surface area contributed by atoms with Crippen LogP contribution >= 0.6 is 23.4 Å². The Balaban J connectivity index is 1.55. The van der Waals surface area contributed by atoms with Crippen LogP contribution in [0.4, 0.5) is 0 Å². The summed E-state index contributed by atoms with van der Waals surface area (Å²) in [6.45, 7) is 2.66. The number of amides is 2. The van der Waals surface area contributed by atoms with E-state index in [1.807, 2.05) is 23.6 Å². The molecule has 2 aromatic carbocycles. The van der Waals surface area contributed by atoms with Crippen LogP contribution in [0.1, 0.15) is 27.6 Å². The topological polar surface area (TPSA) is 68.1 Å². The Morgan fingerprint density at radius 3 is 2.19 bits per heavy atom. The summed E-state index contributed by atoms with van der Waals surface area (Å²) in [4.78, 5) is 26.2. The molecule has 1 aromatic heterocycles. The maximum atomic E-state index is 12.5. The van der Waals surface area contributed by atoms with E-state index >= 15 is 0 Å². The fraction of sp³-hybridized carbons (Fsp3) is 0.158. The van der Waals surface area contributed by atoms with Crippen molar-refractivity contribution in [1.82, 2.24) is 19.7 Å². The van der Waals surface area contributed by atoms with E-state index in [1.54, 1.807) is 36.4 Å². The molecule has 0 bridgehead atoms. The number of carbonyl (C=O) groups is 2. The molecule has 3 aromatic rings. The first kappa shape index (κ1) is 17.8. The molecule has 0 aliphatic carbocycles. The molecule has 0 N–H and O–H groups in total. The van der Waals surface area contributed by atoms with Gasteiger partial charge in [-0.1, -0.05) is 35.5 Å². The number of rotatable bonds is 5. The van der Waals surface area contributed by atoms with Crippen LogP contribution in [0.25, 0.3) is 11.4 Å². The molecule has 0 atom stereocenters. The second-order valence-electron chi connectivity index (χ2n) is 5.91. The molecule has 27 heavy (non-hydrogen) atoms. The van der Waals surface area contributed by atoms with E-state index in [2.05, 4.69) is 10.2 Å². The minimum Gasteiger partial charge on any atom is -0.302 e. The summed E-state index contributed by atoms with van der Waals surface area (Å²) in [5.74, 6) is 0.358. The van der Waals surface area contributed by atoms with Crippen LogP contribution in [-0.4, -0.2) is 37.4 Å². The summed E-state index contributed by atoms with van der Waals surface area (Å²) in [5.41, 5.74) is 1.80. The summed E-state index contributed by atoms with van der Waals surface area (Å²) in [5, 5.41) is 9.82. The Morgan fingerprint density at radius 1 is 0.963 bits per heavy atom. The zero-order valence-corrected chi connectivity index (χ0v) is 16.0. The third kappa shape index (κ3) is 3.13. The van der Waals surface area contributed by atoms with Gasteiger partial charge in [0, 0.05) is 17.1 Å². The minimum absolute atomic E-state index is 0.186. The number of imide groups is 1. The second-order valence-corrected chi connectivity index (χ2v) is 7.26. The van der Waals surface area contributed by atoms with Gasteiger partial charge < -0.3 is 4.57 Å². The average Bonchev–Trinajstić information content (AvgIpc) is 3.20. The number of benzene rings is 2. The molecule has 0 unspecified atom stereocenters. The van der Waals surface area contributed by atoms with E-state index in [-0.39, 0.29) is 17.7 Å². The lowest BCUT2D eigenvalue weighted by atomic mass is 10.1. The van der Waals surface area contributed by atoms with Gasteiger partial charge in [0.05, 0.1) is 17.0 Å². The first-order chi connectivity index (χ1) is 13.1. The summed E-state index contributed by atoms with van der Waals surface area (Å²) < 4.78 is 1.95. The standard InChI is InChI=1S/C19H15ClN4O2S/c1-2-23-16(12-7-9-13(20)10-8-12)21-22-19(23)27-11-24-17(25)14-5-3-4-6-15(14)18(24)26/h3-10H,2,11H2,1H3. The molecule has 2 heterocycles. The van der Waals surface area contributed by atoms with Crippen molar-refractivity contribution in [2.75, 3.05) is 5.88 Å². The SMILES string of the molecule is CCn1c(SCN2C(=O)c3ccccc3C2=O)nnc1-c1ccc(Cl)cc1. The number of thioether (sulfide) groups is 1. The first-order valence-corrected chi connectivity index (χ1v) is 9.73. The highest BCUT2D eigenvalue weighted by Gasteiger charge is 2.35. The van der Waals surface area contributed by atoms with Crippen LogP contribution < -0.4 is 0 Å². The Morgan fingerprint density at radius 2 is 1.59 bits per heavy atom. The molecule has 4 rings (SSSR count). The minimum atomic E-state index is -0.274. The number of hydrogen-bond donors (Lipinski definition) is 0. The third-order valence-corrected chi connectivity index (χ3v) is 5.54. The number of nitrogens with zero attached hydrogens (tertiary/aromatic N) is 4. The highest BCUT2D eigenvalue weighted by atomic mass is 35.5. The molecule has 0 radical (unpaired) electrons. The lowest BCUT2D eigenvalue weighted by Gasteiger charge is -2.13. The van der Waals surface area contributed by atoms with Crippen molar-refractivity contribution in [3.63, 3.8) is 0 Å². The predicted octanol–water partition coefficient (Wildman–Crippen LogP) is 3.96. The molecule has 1 aliphatic rings. The second kappa shape index (κ2) is 7.17. The van der Waals surface area contributed by atoms with Crippen molar-refractivity contribution < 1.29 is 9.59 Å². The maximum Gasteiger partial charge on any atom is 0.262 e. The number of halogens is 1. The fourth-order valence-corrected chi connectivity index (χ4v) is 4.05. The molecular weight excluding hydrogens is 384 g/mol. The van der Waals surface area contributed by atoms with Crippen LogP contribution in [0, 0.1) is 0 Å². The van der Waals surface area contributed by atoms with Gasteiger partial charge in [-0.3, -0.25) is 14.5 Å². The fourth-order valence-electron chi connectivity index (χ4n) is 2.97. The Bertz CT molecular complexity index is 997. The Labute approximate surface area is 165 Å². The highest BCUT2D eigenvalue weighted by Crippen LogP contribution is 2.29. The van der Waals surface area contributed by atoms with Crippen molar-refractivity contribution in [3.8, 4) is 11.4 Å². The van der Waals surface area contributed by atoms with Crippen molar-refractivity contribution in [2.45, 2.75) is 18.6 Å². The highest BCUT2D eigenvalue weighted by molar-refractivity contribution is 7.99. The predicted molar refractivity (Wildman–Crippen MR) is 104 cm³/mol. The zero-order valence-electron chi connectivity index (χ0n) is 14.4. The lowest BCUT2D eigenvalue weighted by molar-refractivity contribution is 0.0684. The van der Waals surface area contributed by atoms with Crippen molar-refractivity contribution in [1.29, 1.82) is 0 Å². The monoisotopic (exact) mass is 398 g/mol. The van der Waals surface area contributed by atoms with Gasteiger partial charge in [0.2, 0.25) is 0 Å². The Hall–Kier alpha value is -2.64. The third-order valence-electron chi connectivity index (χ3n) is 4.34. The van der Waals surface area contributed by atoms with Gasteiger partial charge in [-0.15, -0.1) is 10.2 Å². The largest absolute Gasteiger partial charge is 0.302 e. The van der Waals surface area contributed by atoms with Gasteiger partial charge >= 0.3 is 0 Å². The smallest absolute Gasteiger partial charge is 0.262 e. The quantitative estimate of drug-likeness (QED) is 0.480. The number of fused-ring (bicyclic) bond motifs is 1. The molecule has 2 amide bonds. The lowest BCUT2D eigenvalue weighted by Crippen LogP contribution is -2.29. The zero-order chi connectivity index (χ0) is 19.0. The van der Waals surface area contributed by atoms with Crippen molar-refractivity contribution in [2.24, 2.45) is 0 Å². The molecule has 0 saturated heterocycles. The molecule has 1 aliphatic heterocycles. The van der Waals surface area contributed by atoms with E-state index in [0.717, 1.165) is 11.4 Å². The molecular formula is C19H15ClN4O2S. The van der Waals surface area contributed by atoms with E-state index in [1.165, 1.54) is 16.7 Å². The van der Waals surface area contributed by atoms with Crippen molar-refractivity contribution >= 4 is 35.2 Å². The van der Waals surface area contributed by atoms with Crippen LogP contribution in [0.3, 0.4) is 0 Å². The molecule has 136 valence electrons. The number of aromatic nitrogens is 3. The van der Waals surface area contributed by atoms with E-state index < -0.39 is 0 Å². The van der Waals surface area contributed by atoms with Gasteiger partial charge in [-0.2, -0.15) is 0 Å². The summed E-state index contributed by atoms with van der Waals surface area (Å²) in [7, 11) is 0. The molecule has 0 saturated carbocycles. The van der Waals surface area contributed by atoms with Crippen LogP contribution in [0.15, 0.2) is 53.7 Å². The van der Waals surface area contributed by atoms with Gasteiger partial charge in [-0.05, 0) is 43.3 Å². The van der Waals surface area contributed by atoms with E-state index in [9.17, 15) is 9.59 Å². The number of carbonyl (C=O) groups excluding carboxylic acids is 2. The number of hydrogen-bond acceptors (Lipinski definition) is 5. The Kier molecular flexibility index (Phi) is 4.72. The summed E-state index contributed by atoms with van der Waals surface area (Å²) in [6.07, 6.45) is 0. The average molecular weight is 399 g/mol. The van der Waals surface area contributed by atoms with Gasteiger partial charge in [0.15, 0.2) is 11.0 Å². The van der Waals surface area contributed by atoms with Crippen molar-refractivity contribution in [3.05, 3.63) is 64.7 Å². The van der Waals surface area contributed by atoms with E-state index in [4.69, 9.17) is 11.6 Å². The van der Waals surface area contributed by atoms with Gasteiger partial charge in [0.1, 0.15) is 0 Å². The van der Waals surface area contributed by atoms with Gasteiger partial charge in [0.25, 0.3) is 11.8 Å². The van der Waals surface area contributed by atoms with Crippen LogP contribution in [0.2, 0.25) is 5.02 Å². The van der Waals surface area contributed by atoms with Gasteiger partial charge in [-0.25, -0.2) is 0 Å². The summed E-state index contributed by atoms with van der Waals surface area (Å²) >= 11 is 7.26. The molecule has 0 fully saturated rings. The summed E-state index contributed by atoms with van der Waals surface area (Å²) in [6, 6.07) is 14.2.